The van der Waals surface area contributed by atoms with E-state index in [2.05, 4.69) is 57.5 Å². The van der Waals surface area contributed by atoms with Gasteiger partial charge >= 0.3 is 15.6 Å². The molecule has 1 atom stereocenters. The molecule has 2 aromatic rings. The van der Waals surface area contributed by atoms with Crippen molar-refractivity contribution in [3.63, 3.8) is 0 Å². The second-order valence-corrected chi connectivity index (χ2v) is 10.1. The van der Waals surface area contributed by atoms with E-state index in [1.807, 2.05) is 19.9 Å². The van der Waals surface area contributed by atoms with Gasteiger partial charge in [0.25, 0.3) is 0 Å². The Morgan fingerprint density at radius 2 is 1.68 bits per heavy atom. The van der Waals surface area contributed by atoms with E-state index in [-0.39, 0.29) is 6.61 Å². The number of fused-ring (bicyclic) bond motifs is 1. The molecule has 1 unspecified atom stereocenters. The van der Waals surface area contributed by atoms with Crippen LogP contribution in [0.15, 0.2) is 59.7 Å². The summed E-state index contributed by atoms with van der Waals surface area (Å²) in [5, 5.41) is 5.91. The van der Waals surface area contributed by atoms with E-state index < -0.39 is 15.6 Å². The summed E-state index contributed by atoms with van der Waals surface area (Å²) >= 11 is 0. The van der Waals surface area contributed by atoms with Gasteiger partial charge in [0.2, 0.25) is 0 Å². The summed E-state index contributed by atoms with van der Waals surface area (Å²) in [7, 11) is -9.90. The van der Waals surface area contributed by atoms with Crippen LogP contribution in [0.3, 0.4) is 0 Å². The number of hydrogen-bond acceptors (Lipinski definition) is 5. The Morgan fingerprint density at radius 1 is 1.00 bits per heavy atom. The first-order chi connectivity index (χ1) is 14.5. The van der Waals surface area contributed by atoms with Crippen molar-refractivity contribution in [3.8, 4) is 0 Å². The van der Waals surface area contributed by atoms with Crippen LogP contribution in [0.25, 0.3) is 10.8 Å². The zero-order valence-electron chi connectivity index (χ0n) is 17.8. The average molecular weight is 469 g/mol. The largest absolute Gasteiger partial charge is 0.481 e. The molecule has 2 aromatic carbocycles. The van der Waals surface area contributed by atoms with Gasteiger partial charge in [-0.3, -0.25) is 4.52 Å². The van der Waals surface area contributed by atoms with Crippen LogP contribution in [-0.2, 0) is 18.0 Å². The lowest BCUT2D eigenvalue weighted by Gasteiger charge is -2.12. The Bertz CT molecular complexity index is 1060. The van der Waals surface area contributed by atoms with Crippen molar-refractivity contribution in [1.29, 1.82) is 0 Å². The lowest BCUT2D eigenvalue weighted by molar-refractivity contribution is 0.191. The normalized spacial score (nSPS) is 15.2. The van der Waals surface area contributed by atoms with Crippen molar-refractivity contribution in [2.75, 3.05) is 18.5 Å². The molecule has 0 amide bonds. The number of phosphoric ester groups is 1. The van der Waals surface area contributed by atoms with E-state index >= 15 is 0 Å². The van der Waals surface area contributed by atoms with Crippen molar-refractivity contribution in [2.24, 2.45) is 0 Å². The molecule has 0 aromatic heterocycles. The summed E-state index contributed by atoms with van der Waals surface area (Å²) in [5.74, 6) is 0. The molecular weight excluding hydrogens is 440 g/mol. The Hall–Kier alpha value is -1.76. The predicted octanol–water partition coefficient (Wildman–Crippen LogP) is 5.46. The highest BCUT2D eigenvalue weighted by Crippen LogP contribution is 2.57. The number of nitrogens with one attached hydrogen (secondary N) is 1. The molecule has 170 valence electrons. The van der Waals surface area contributed by atoms with Gasteiger partial charge in [-0.25, -0.2) is 9.13 Å². The summed E-state index contributed by atoms with van der Waals surface area (Å²) < 4.78 is 30.2. The van der Waals surface area contributed by atoms with Gasteiger partial charge in [-0.1, -0.05) is 53.6 Å². The number of rotatable bonds is 11. The van der Waals surface area contributed by atoms with Crippen molar-refractivity contribution in [3.05, 3.63) is 65.3 Å². The molecule has 4 N–H and O–H groups in total. The summed E-state index contributed by atoms with van der Waals surface area (Å²) in [4.78, 5) is 26.3. The minimum atomic E-state index is -5.10. The molecule has 0 heterocycles. The Morgan fingerprint density at radius 3 is 2.39 bits per heavy atom. The third-order valence-electron chi connectivity index (χ3n) is 4.61. The van der Waals surface area contributed by atoms with Gasteiger partial charge in [0.1, 0.15) is 0 Å². The molecule has 10 heteroatoms. The molecule has 0 bridgehead atoms. The van der Waals surface area contributed by atoms with E-state index in [4.69, 9.17) is 9.79 Å². The second kappa shape index (κ2) is 11.2. The summed E-state index contributed by atoms with van der Waals surface area (Å²) in [6.07, 6.45) is 5.19. The van der Waals surface area contributed by atoms with Gasteiger partial charge < -0.3 is 20.0 Å². The fourth-order valence-electron chi connectivity index (χ4n) is 3.01. The standard InChI is InChI=1S/C21H29NO7P2/c1-16(13-14-28-31(26,27)29-30(23,24)25)7-4-8-17(2)15-22-21-12-6-10-19-18(3)9-5-11-20(19)21/h5-6,8-13,22H,4,7,14-15H2,1-3H3,(H,26,27)(H2,23,24,25)/b16-13+,17-8+. The second-order valence-electron chi connectivity index (χ2n) is 7.31. The van der Waals surface area contributed by atoms with Gasteiger partial charge in [0.15, 0.2) is 0 Å². The van der Waals surface area contributed by atoms with Gasteiger partial charge in [0, 0.05) is 17.6 Å². The maximum atomic E-state index is 11.4. The van der Waals surface area contributed by atoms with Gasteiger partial charge in [0.05, 0.1) is 6.61 Å². The molecule has 0 spiro atoms. The number of hydrogen-bond donors (Lipinski definition) is 4. The van der Waals surface area contributed by atoms with Crippen molar-refractivity contribution < 1.29 is 32.6 Å². The monoisotopic (exact) mass is 469 g/mol. The smallest absolute Gasteiger partial charge is 0.381 e. The minimum absolute atomic E-state index is 0.287. The zero-order valence-corrected chi connectivity index (χ0v) is 19.6. The van der Waals surface area contributed by atoms with Crippen LogP contribution in [-0.4, -0.2) is 27.8 Å². The van der Waals surface area contributed by atoms with E-state index in [9.17, 15) is 14.0 Å². The molecule has 0 aliphatic heterocycles. The van der Waals surface area contributed by atoms with Crippen LogP contribution in [0.1, 0.15) is 32.3 Å². The zero-order chi connectivity index (χ0) is 23.1. The van der Waals surface area contributed by atoms with Crippen LogP contribution >= 0.6 is 15.6 Å². The van der Waals surface area contributed by atoms with Crippen LogP contribution in [0.4, 0.5) is 5.69 Å². The van der Waals surface area contributed by atoms with Crippen molar-refractivity contribution in [2.45, 2.75) is 33.6 Å². The molecule has 0 radical (unpaired) electrons. The maximum absolute atomic E-state index is 11.4. The summed E-state index contributed by atoms with van der Waals surface area (Å²) in [5.41, 5.74) is 4.43. The lowest BCUT2D eigenvalue weighted by Crippen LogP contribution is -2.03. The molecular formula is C21H29NO7P2. The molecule has 2 rings (SSSR count). The van der Waals surface area contributed by atoms with Crippen molar-refractivity contribution >= 4 is 32.1 Å². The SMILES string of the molecule is C/C(=C\COP(=O)(O)OP(=O)(O)O)CC/C=C(\C)CNc1cccc2c(C)cccc12. The fourth-order valence-corrected chi connectivity index (χ4v) is 4.53. The van der Waals surface area contributed by atoms with E-state index in [1.165, 1.54) is 21.9 Å². The molecule has 31 heavy (non-hydrogen) atoms. The van der Waals surface area contributed by atoms with Crippen LogP contribution in [0, 0.1) is 6.92 Å². The van der Waals surface area contributed by atoms with Crippen LogP contribution in [0.2, 0.25) is 0 Å². The summed E-state index contributed by atoms with van der Waals surface area (Å²) in [6.45, 7) is 6.42. The number of anilines is 1. The molecule has 0 saturated heterocycles. The molecule has 0 aliphatic carbocycles. The van der Waals surface area contributed by atoms with Gasteiger partial charge in [-0.15, -0.1) is 0 Å². The average Bonchev–Trinajstić information content (AvgIpc) is 2.64. The van der Waals surface area contributed by atoms with E-state index in [0.717, 1.165) is 17.7 Å². The Balaban J connectivity index is 1.81. The molecule has 0 aliphatic rings. The van der Waals surface area contributed by atoms with Crippen LogP contribution in [0.5, 0.6) is 0 Å². The van der Waals surface area contributed by atoms with Crippen molar-refractivity contribution in [1.82, 2.24) is 0 Å². The minimum Gasteiger partial charge on any atom is -0.381 e. The molecule has 0 saturated carbocycles. The van der Waals surface area contributed by atoms with E-state index in [1.54, 1.807) is 6.08 Å². The number of phosphoric acid groups is 2. The number of aryl methyl sites for hydroxylation is 1. The highest BCUT2D eigenvalue weighted by molar-refractivity contribution is 7.60. The fraction of sp³-hybridized carbons (Fsp3) is 0.333. The van der Waals surface area contributed by atoms with E-state index in [0.29, 0.717) is 13.0 Å². The predicted molar refractivity (Wildman–Crippen MR) is 123 cm³/mol. The highest BCUT2D eigenvalue weighted by Gasteiger charge is 2.31. The number of allylic oxidation sites excluding steroid dienone is 2. The Labute approximate surface area is 182 Å². The first-order valence-electron chi connectivity index (χ1n) is 9.74. The quantitative estimate of drug-likeness (QED) is 0.253. The topological polar surface area (TPSA) is 125 Å². The lowest BCUT2D eigenvalue weighted by atomic mass is 10.0. The first-order valence-corrected chi connectivity index (χ1v) is 12.8. The third kappa shape index (κ3) is 9.09. The summed E-state index contributed by atoms with van der Waals surface area (Å²) in [6, 6.07) is 12.5. The van der Waals surface area contributed by atoms with Gasteiger partial charge in [-0.05, 0) is 50.6 Å². The highest BCUT2D eigenvalue weighted by atomic mass is 31.3. The maximum Gasteiger partial charge on any atom is 0.481 e. The Kier molecular flexibility index (Phi) is 9.22. The third-order valence-corrected chi connectivity index (χ3v) is 6.76. The first kappa shape index (κ1) is 25.5. The molecule has 8 nitrogen and oxygen atoms in total. The van der Waals surface area contributed by atoms with Crippen LogP contribution < -0.4 is 5.32 Å². The molecule has 0 fully saturated rings. The number of benzene rings is 2. The van der Waals surface area contributed by atoms with Gasteiger partial charge in [-0.2, -0.15) is 4.31 Å².